The summed E-state index contributed by atoms with van der Waals surface area (Å²) in [6.45, 7) is 17.6. The number of hydrogen-bond acceptors (Lipinski definition) is 6. The van der Waals surface area contributed by atoms with Gasteiger partial charge in [0.15, 0.2) is 23.5 Å². The fraction of sp³-hybridized carbons (Fsp3) is 0.535. The number of nitrogens with zero attached hydrogens (tertiary/aromatic N) is 6. The van der Waals surface area contributed by atoms with Crippen molar-refractivity contribution in [3.8, 4) is 0 Å². The van der Waals surface area contributed by atoms with Crippen LogP contribution in [-0.4, -0.2) is 58.2 Å². The second-order valence-corrected chi connectivity index (χ2v) is 15.7. The molecule has 0 saturated carbocycles. The van der Waals surface area contributed by atoms with E-state index in [9.17, 15) is 0 Å². The Kier molecular flexibility index (Phi) is 14.5. The number of guanidine groups is 2. The van der Waals surface area contributed by atoms with Crippen molar-refractivity contribution in [2.45, 2.75) is 111 Å². The second-order valence-electron chi connectivity index (χ2n) is 15.7. The van der Waals surface area contributed by atoms with Gasteiger partial charge in [0.1, 0.15) is 12.3 Å². The standard InChI is InChI=1S/C22H32N4O.C21H30N4O/c1-16(2)13-18-7-9-19(10-8-18)17(3)21-14-20(27-25-21)15-24-22(23)26-11-5-4-6-12-26;1-15(2)13-17-7-9-18(10-8-17)16(3)19-14-20(24-26-19)23-21(22)25-11-5-4-6-12-25/h7-10,14,16-17H,4-6,11-13,15H2,1-3H3,(H2,23,24);7-10,14-16H,4-6,11-13H2,1-3H3,(H2,22,23,24). The number of rotatable bonds is 11. The predicted octanol–water partition coefficient (Wildman–Crippen LogP) is 8.78. The first kappa shape index (κ1) is 39.6. The Morgan fingerprint density at radius 1 is 0.642 bits per heavy atom. The Morgan fingerprint density at radius 3 is 1.68 bits per heavy atom. The number of piperidine rings is 2. The molecule has 0 amide bonds. The minimum Gasteiger partial charge on any atom is -0.370 e. The normalized spacial score (nSPS) is 16.8. The number of nitrogens with two attached hydrogens (primary N) is 2. The third kappa shape index (κ3) is 12.0. The summed E-state index contributed by atoms with van der Waals surface area (Å²) in [5.74, 6) is 4.93. The third-order valence-corrected chi connectivity index (χ3v) is 10.2. The highest BCUT2D eigenvalue weighted by molar-refractivity contribution is 5.80. The fourth-order valence-corrected chi connectivity index (χ4v) is 7.00. The molecule has 4 N–H and O–H groups in total. The Labute approximate surface area is 317 Å². The number of likely N-dealkylation sites (tertiary alicyclic amines) is 2. The molecule has 53 heavy (non-hydrogen) atoms. The quantitative estimate of drug-likeness (QED) is 0.116. The summed E-state index contributed by atoms with van der Waals surface area (Å²) >= 11 is 0. The highest BCUT2D eigenvalue weighted by Gasteiger charge is 2.18. The molecule has 10 nitrogen and oxygen atoms in total. The maximum Gasteiger partial charge on any atom is 0.198 e. The van der Waals surface area contributed by atoms with Gasteiger partial charge in [-0.1, -0.05) is 100 Å². The summed E-state index contributed by atoms with van der Waals surface area (Å²) in [6.07, 6.45) is 9.49. The fourth-order valence-electron chi connectivity index (χ4n) is 7.00. The van der Waals surface area contributed by atoms with Crippen LogP contribution in [0.1, 0.15) is 131 Å². The van der Waals surface area contributed by atoms with Gasteiger partial charge in [0.2, 0.25) is 0 Å². The lowest BCUT2D eigenvalue weighted by atomic mass is 9.95. The minimum atomic E-state index is 0.135. The van der Waals surface area contributed by atoms with E-state index in [0.717, 1.165) is 56.2 Å². The van der Waals surface area contributed by atoms with E-state index in [2.05, 4.69) is 120 Å². The van der Waals surface area contributed by atoms with Crippen molar-refractivity contribution in [2.75, 3.05) is 26.2 Å². The molecular weight excluding hydrogens is 661 g/mol. The van der Waals surface area contributed by atoms with Crippen molar-refractivity contribution in [3.05, 3.63) is 100 Å². The lowest BCUT2D eigenvalue weighted by molar-refractivity contribution is 0.336. The van der Waals surface area contributed by atoms with Gasteiger partial charge in [-0.25, -0.2) is 4.99 Å². The van der Waals surface area contributed by atoms with E-state index in [1.807, 2.05) is 12.1 Å². The van der Waals surface area contributed by atoms with E-state index in [0.29, 0.717) is 36.1 Å². The number of aromatic nitrogens is 2. The molecule has 2 aliphatic rings. The molecule has 6 rings (SSSR count). The smallest absolute Gasteiger partial charge is 0.198 e. The summed E-state index contributed by atoms with van der Waals surface area (Å²) < 4.78 is 11.0. The van der Waals surface area contributed by atoms with E-state index in [-0.39, 0.29) is 11.8 Å². The molecule has 2 atom stereocenters. The van der Waals surface area contributed by atoms with Crippen LogP contribution in [0.4, 0.5) is 5.82 Å². The van der Waals surface area contributed by atoms with Gasteiger partial charge in [-0.15, -0.1) is 0 Å². The minimum absolute atomic E-state index is 0.135. The summed E-state index contributed by atoms with van der Waals surface area (Å²) in [5.41, 5.74) is 18.4. The number of hydrogen-bond donors (Lipinski definition) is 2. The van der Waals surface area contributed by atoms with Gasteiger partial charge in [0, 0.05) is 50.1 Å². The molecule has 0 aliphatic carbocycles. The molecule has 2 aliphatic heterocycles. The average molecular weight is 723 g/mol. The number of benzene rings is 2. The largest absolute Gasteiger partial charge is 0.370 e. The Morgan fingerprint density at radius 2 is 1.15 bits per heavy atom. The maximum absolute atomic E-state index is 6.13. The molecule has 0 bridgehead atoms. The van der Waals surface area contributed by atoms with Crippen molar-refractivity contribution in [1.82, 2.24) is 20.1 Å². The molecule has 0 spiro atoms. The zero-order chi connectivity index (χ0) is 37.7. The molecule has 4 aromatic rings. The van der Waals surface area contributed by atoms with E-state index in [4.69, 9.17) is 20.5 Å². The molecule has 2 aromatic carbocycles. The van der Waals surface area contributed by atoms with Gasteiger partial charge >= 0.3 is 0 Å². The van der Waals surface area contributed by atoms with Crippen molar-refractivity contribution in [3.63, 3.8) is 0 Å². The molecule has 2 fully saturated rings. The molecule has 2 saturated heterocycles. The summed E-state index contributed by atoms with van der Waals surface area (Å²) in [5, 5.41) is 8.34. The lowest BCUT2D eigenvalue weighted by Gasteiger charge is -2.27. The van der Waals surface area contributed by atoms with E-state index < -0.39 is 0 Å². The molecule has 0 radical (unpaired) electrons. The van der Waals surface area contributed by atoms with Gasteiger partial charge in [-0.2, -0.15) is 4.99 Å². The molecule has 4 heterocycles. The summed E-state index contributed by atoms with van der Waals surface area (Å²) in [4.78, 5) is 13.2. The molecular formula is C43H62N8O2. The topological polar surface area (TPSA) is 135 Å². The van der Waals surface area contributed by atoms with Gasteiger partial charge in [0.05, 0.1) is 5.69 Å². The first-order valence-electron chi connectivity index (χ1n) is 19.8. The number of aliphatic imine (C=N–C) groups is 2. The van der Waals surface area contributed by atoms with E-state index in [1.165, 1.54) is 60.8 Å². The Balaban J connectivity index is 0.000000204. The molecule has 286 valence electrons. The third-order valence-electron chi connectivity index (χ3n) is 10.2. The van der Waals surface area contributed by atoms with Crippen LogP contribution in [0.3, 0.4) is 0 Å². The highest BCUT2D eigenvalue weighted by Crippen LogP contribution is 2.28. The second kappa shape index (κ2) is 19.5. The predicted molar refractivity (Wildman–Crippen MR) is 215 cm³/mol. The summed E-state index contributed by atoms with van der Waals surface area (Å²) in [7, 11) is 0. The van der Waals surface area contributed by atoms with Crippen LogP contribution in [0.2, 0.25) is 0 Å². The maximum atomic E-state index is 6.13. The zero-order valence-electron chi connectivity index (χ0n) is 32.9. The van der Waals surface area contributed by atoms with Crippen LogP contribution < -0.4 is 11.5 Å². The molecule has 10 heteroatoms. The zero-order valence-corrected chi connectivity index (χ0v) is 32.9. The monoisotopic (exact) mass is 722 g/mol. The van der Waals surface area contributed by atoms with Gasteiger partial charge in [-0.3, -0.25) is 0 Å². The van der Waals surface area contributed by atoms with Gasteiger partial charge in [0.25, 0.3) is 0 Å². The van der Waals surface area contributed by atoms with Crippen LogP contribution >= 0.6 is 0 Å². The van der Waals surface area contributed by atoms with Crippen LogP contribution in [0.5, 0.6) is 0 Å². The van der Waals surface area contributed by atoms with E-state index >= 15 is 0 Å². The van der Waals surface area contributed by atoms with Crippen molar-refractivity contribution in [1.29, 1.82) is 0 Å². The Hall–Kier alpha value is -4.60. The summed E-state index contributed by atoms with van der Waals surface area (Å²) in [6, 6.07) is 21.5. The Bertz CT molecular complexity index is 1730. The van der Waals surface area contributed by atoms with Gasteiger partial charge < -0.3 is 30.3 Å². The van der Waals surface area contributed by atoms with Crippen LogP contribution in [0, 0.1) is 11.8 Å². The van der Waals surface area contributed by atoms with Crippen molar-refractivity contribution in [2.24, 2.45) is 33.3 Å². The van der Waals surface area contributed by atoms with Crippen LogP contribution in [-0.2, 0) is 19.4 Å². The van der Waals surface area contributed by atoms with Crippen LogP contribution in [0.15, 0.2) is 79.7 Å². The molecule has 2 unspecified atom stereocenters. The lowest BCUT2D eigenvalue weighted by Crippen LogP contribution is -2.40. The SMILES string of the molecule is CC(C)Cc1ccc(C(C)c2cc(CN=C(N)N3CCCCC3)on2)cc1.CC(C)Cc1ccc(C(C)c2cc(N=C(N)N3CCCCC3)no2)cc1. The average Bonchev–Trinajstić information content (AvgIpc) is 3.85. The van der Waals surface area contributed by atoms with Crippen LogP contribution in [0.25, 0.3) is 0 Å². The van der Waals surface area contributed by atoms with Crippen molar-refractivity contribution >= 4 is 17.7 Å². The highest BCUT2D eigenvalue weighted by atomic mass is 16.5. The van der Waals surface area contributed by atoms with E-state index in [1.54, 1.807) is 0 Å². The van der Waals surface area contributed by atoms with Crippen molar-refractivity contribution < 1.29 is 9.05 Å². The van der Waals surface area contributed by atoms with Gasteiger partial charge in [-0.05, 0) is 85.5 Å². The first-order chi connectivity index (χ1) is 25.5. The molecule has 2 aromatic heterocycles. The first-order valence-corrected chi connectivity index (χ1v) is 19.8.